The van der Waals surface area contributed by atoms with Crippen molar-refractivity contribution in [1.29, 1.82) is 0 Å². The highest BCUT2D eigenvalue weighted by Gasteiger charge is 2.28. The van der Waals surface area contributed by atoms with E-state index in [1.54, 1.807) is 11.8 Å². The third-order valence-electron chi connectivity index (χ3n) is 3.52. The SMILES string of the molecule is COC(CNC(=O)c1cc(S(=O)(=O)N2CCSCC2)c[nH]1)C(=O)O. The lowest BCUT2D eigenvalue weighted by atomic mass is 10.3. The van der Waals surface area contributed by atoms with Crippen molar-refractivity contribution in [3.8, 4) is 0 Å². The average Bonchev–Trinajstić information content (AvgIpc) is 3.06. The summed E-state index contributed by atoms with van der Waals surface area (Å²) in [6.07, 6.45) is 0.0924. The summed E-state index contributed by atoms with van der Waals surface area (Å²) in [7, 11) is -2.41. The molecule has 0 spiro atoms. The number of aromatic amines is 1. The second kappa shape index (κ2) is 8.01. The number of carbonyl (C=O) groups excluding carboxylic acids is 1. The molecule has 0 radical (unpaired) electrons. The quantitative estimate of drug-likeness (QED) is 0.589. The molecule has 1 aromatic heterocycles. The number of amides is 1. The van der Waals surface area contributed by atoms with Crippen molar-refractivity contribution < 1.29 is 27.9 Å². The Labute approximate surface area is 143 Å². The number of carboxylic acid groups (broad SMARTS) is 1. The summed E-state index contributed by atoms with van der Waals surface area (Å²) in [5.74, 6) is -0.320. The summed E-state index contributed by atoms with van der Waals surface area (Å²) in [4.78, 5) is 25.4. The molecule has 1 saturated heterocycles. The lowest BCUT2D eigenvalue weighted by Gasteiger charge is -2.24. The molecule has 0 bridgehead atoms. The van der Waals surface area contributed by atoms with Crippen LogP contribution in [0.1, 0.15) is 10.5 Å². The standard InChI is InChI=1S/C13H19N3O6S2/c1-22-11(13(18)19)8-15-12(17)10-6-9(7-14-10)24(20,21)16-2-4-23-5-3-16/h6-7,11,14H,2-5,8H2,1H3,(H,15,17)(H,18,19). The van der Waals surface area contributed by atoms with E-state index in [9.17, 15) is 18.0 Å². The molecular weight excluding hydrogens is 358 g/mol. The number of sulfonamides is 1. The molecule has 1 aliphatic heterocycles. The molecule has 24 heavy (non-hydrogen) atoms. The van der Waals surface area contributed by atoms with Crippen LogP contribution in [0.25, 0.3) is 0 Å². The van der Waals surface area contributed by atoms with Crippen molar-refractivity contribution >= 4 is 33.7 Å². The summed E-state index contributed by atoms with van der Waals surface area (Å²) < 4.78 is 31.1. The van der Waals surface area contributed by atoms with Crippen LogP contribution in [0.4, 0.5) is 0 Å². The monoisotopic (exact) mass is 377 g/mol. The zero-order valence-corrected chi connectivity index (χ0v) is 14.7. The van der Waals surface area contributed by atoms with Crippen molar-refractivity contribution in [2.45, 2.75) is 11.0 Å². The Morgan fingerprint density at radius 2 is 2.12 bits per heavy atom. The number of methoxy groups -OCH3 is 1. The molecule has 11 heteroatoms. The van der Waals surface area contributed by atoms with E-state index in [0.29, 0.717) is 13.1 Å². The summed E-state index contributed by atoms with van der Waals surface area (Å²) in [6.45, 7) is 0.650. The fraction of sp³-hybridized carbons (Fsp3) is 0.538. The zero-order chi connectivity index (χ0) is 17.7. The molecule has 1 atom stereocenters. The normalized spacial score (nSPS) is 17.4. The van der Waals surface area contributed by atoms with E-state index < -0.39 is 28.0 Å². The number of hydrogen-bond donors (Lipinski definition) is 3. The number of nitrogens with one attached hydrogen (secondary N) is 2. The lowest BCUT2D eigenvalue weighted by molar-refractivity contribution is -0.148. The van der Waals surface area contributed by atoms with Gasteiger partial charge in [-0.25, -0.2) is 13.2 Å². The van der Waals surface area contributed by atoms with Crippen LogP contribution < -0.4 is 5.32 Å². The first-order chi connectivity index (χ1) is 11.4. The predicted molar refractivity (Wildman–Crippen MR) is 87.6 cm³/mol. The molecule has 0 aromatic carbocycles. The summed E-state index contributed by atoms with van der Waals surface area (Å²) in [6, 6.07) is 1.25. The van der Waals surface area contributed by atoms with Crippen molar-refractivity contribution in [3.63, 3.8) is 0 Å². The van der Waals surface area contributed by atoms with Gasteiger partial charge in [0.25, 0.3) is 5.91 Å². The van der Waals surface area contributed by atoms with Crippen LogP contribution in [-0.2, 0) is 19.6 Å². The molecule has 1 fully saturated rings. The Hall–Kier alpha value is -1.56. The van der Waals surface area contributed by atoms with E-state index in [2.05, 4.69) is 10.3 Å². The fourth-order valence-electron chi connectivity index (χ4n) is 2.14. The number of nitrogens with zero attached hydrogens (tertiary/aromatic N) is 1. The smallest absolute Gasteiger partial charge is 0.334 e. The third kappa shape index (κ3) is 4.29. The van der Waals surface area contributed by atoms with Gasteiger partial charge in [-0.15, -0.1) is 0 Å². The van der Waals surface area contributed by atoms with Crippen LogP contribution in [0.5, 0.6) is 0 Å². The highest BCUT2D eigenvalue weighted by molar-refractivity contribution is 7.99. The molecule has 1 amide bonds. The van der Waals surface area contributed by atoms with E-state index in [1.165, 1.54) is 23.7 Å². The van der Waals surface area contributed by atoms with Crippen molar-refractivity contribution in [2.24, 2.45) is 0 Å². The van der Waals surface area contributed by atoms with Gasteiger partial charge in [0.15, 0.2) is 6.10 Å². The minimum Gasteiger partial charge on any atom is -0.479 e. The molecular formula is C13H19N3O6S2. The first kappa shape index (κ1) is 18.8. The van der Waals surface area contributed by atoms with Gasteiger partial charge in [-0.05, 0) is 6.07 Å². The maximum atomic E-state index is 12.5. The van der Waals surface area contributed by atoms with Crippen LogP contribution in [-0.4, -0.2) is 79.0 Å². The van der Waals surface area contributed by atoms with Gasteiger partial charge < -0.3 is 20.1 Å². The number of hydrogen-bond acceptors (Lipinski definition) is 6. The maximum Gasteiger partial charge on any atom is 0.334 e. The van der Waals surface area contributed by atoms with Crippen molar-refractivity contribution in [3.05, 3.63) is 18.0 Å². The summed E-state index contributed by atoms with van der Waals surface area (Å²) in [5.41, 5.74) is 0.0419. The van der Waals surface area contributed by atoms with E-state index in [1.807, 2.05) is 0 Å². The first-order valence-corrected chi connectivity index (χ1v) is 9.76. The molecule has 0 aliphatic carbocycles. The largest absolute Gasteiger partial charge is 0.479 e. The number of aromatic nitrogens is 1. The topological polar surface area (TPSA) is 129 Å². The molecule has 1 aromatic rings. The number of carbonyl (C=O) groups is 2. The number of ether oxygens (including phenoxy) is 1. The maximum absolute atomic E-state index is 12.5. The van der Waals surface area contributed by atoms with Gasteiger partial charge in [-0.2, -0.15) is 16.1 Å². The second-order valence-corrected chi connectivity index (χ2v) is 8.20. The fourth-order valence-corrected chi connectivity index (χ4v) is 4.71. The first-order valence-electron chi connectivity index (χ1n) is 7.16. The molecule has 1 unspecified atom stereocenters. The number of rotatable bonds is 7. The van der Waals surface area contributed by atoms with Crippen LogP contribution in [0, 0.1) is 0 Å². The Morgan fingerprint density at radius 1 is 1.46 bits per heavy atom. The predicted octanol–water partition coefficient (Wildman–Crippen LogP) is -0.418. The zero-order valence-electron chi connectivity index (χ0n) is 13.0. The van der Waals surface area contributed by atoms with Crippen LogP contribution >= 0.6 is 11.8 Å². The van der Waals surface area contributed by atoms with E-state index in [-0.39, 0.29) is 17.1 Å². The Bertz CT molecular complexity index is 696. The second-order valence-electron chi connectivity index (χ2n) is 5.04. The third-order valence-corrected chi connectivity index (χ3v) is 6.34. The Balaban J connectivity index is 2.04. The Morgan fingerprint density at radius 3 is 2.71 bits per heavy atom. The number of aliphatic carboxylic acids is 1. The number of carboxylic acids is 1. The number of H-pyrrole nitrogens is 1. The molecule has 2 heterocycles. The van der Waals surface area contributed by atoms with Crippen molar-refractivity contribution in [2.75, 3.05) is 38.2 Å². The van der Waals surface area contributed by atoms with Crippen LogP contribution in [0.2, 0.25) is 0 Å². The van der Waals surface area contributed by atoms with Crippen LogP contribution in [0.15, 0.2) is 17.2 Å². The van der Waals surface area contributed by atoms with Crippen molar-refractivity contribution in [1.82, 2.24) is 14.6 Å². The van der Waals surface area contributed by atoms with Gasteiger partial charge in [0.05, 0.1) is 6.54 Å². The van der Waals surface area contributed by atoms with Crippen LogP contribution in [0.3, 0.4) is 0 Å². The minimum atomic E-state index is -3.63. The minimum absolute atomic E-state index is 0.0149. The molecule has 2 rings (SSSR count). The molecule has 3 N–H and O–H groups in total. The molecule has 134 valence electrons. The highest BCUT2D eigenvalue weighted by atomic mass is 32.2. The Kier molecular flexibility index (Phi) is 6.27. The average molecular weight is 377 g/mol. The summed E-state index contributed by atoms with van der Waals surface area (Å²) >= 11 is 1.70. The van der Waals surface area contributed by atoms with Gasteiger partial charge in [0, 0.05) is 37.9 Å². The molecule has 9 nitrogen and oxygen atoms in total. The van der Waals surface area contributed by atoms with E-state index >= 15 is 0 Å². The molecule has 0 saturated carbocycles. The highest BCUT2D eigenvalue weighted by Crippen LogP contribution is 2.20. The van der Waals surface area contributed by atoms with Gasteiger partial charge in [0.2, 0.25) is 10.0 Å². The van der Waals surface area contributed by atoms with E-state index in [0.717, 1.165) is 11.5 Å². The summed E-state index contributed by atoms with van der Waals surface area (Å²) in [5, 5.41) is 11.2. The van der Waals surface area contributed by atoms with Gasteiger partial charge in [0.1, 0.15) is 10.6 Å². The van der Waals surface area contributed by atoms with Gasteiger partial charge in [-0.1, -0.05) is 0 Å². The van der Waals surface area contributed by atoms with Gasteiger partial charge >= 0.3 is 5.97 Å². The lowest BCUT2D eigenvalue weighted by Crippen LogP contribution is -2.38. The van der Waals surface area contributed by atoms with Gasteiger partial charge in [-0.3, -0.25) is 4.79 Å². The van der Waals surface area contributed by atoms with E-state index in [4.69, 9.17) is 9.84 Å². The molecule has 1 aliphatic rings. The number of thioether (sulfide) groups is 1.